The van der Waals surface area contributed by atoms with E-state index in [2.05, 4.69) is 37.4 Å². The van der Waals surface area contributed by atoms with E-state index in [1.54, 1.807) is 0 Å². The van der Waals surface area contributed by atoms with E-state index in [1.807, 2.05) is 53.9 Å². The maximum absolute atomic E-state index is 12.3. The van der Waals surface area contributed by atoms with Crippen molar-refractivity contribution in [3.63, 3.8) is 0 Å². The Kier molecular flexibility index (Phi) is 6.92. The summed E-state index contributed by atoms with van der Waals surface area (Å²) in [6.07, 6.45) is 1.04. The van der Waals surface area contributed by atoms with Gasteiger partial charge in [-0.3, -0.25) is 4.79 Å². The van der Waals surface area contributed by atoms with Crippen molar-refractivity contribution in [2.75, 3.05) is 23.4 Å². The smallest absolute Gasteiger partial charge is 0.262 e. The van der Waals surface area contributed by atoms with Crippen LogP contribution in [0.2, 0.25) is 0 Å². The molecule has 1 unspecified atom stereocenters. The molecule has 0 aromatic heterocycles. The van der Waals surface area contributed by atoms with Gasteiger partial charge in [0.05, 0.1) is 4.58 Å². The Morgan fingerprint density at radius 2 is 1.96 bits per heavy atom. The van der Waals surface area contributed by atoms with Crippen molar-refractivity contribution >= 4 is 35.1 Å². The van der Waals surface area contributed by atoms with Crippen LogP contribution in [0.4, 0.5) is 5.69 Å². The summed E-state index contributed by atoms with van der Waals surface area (Å²) in [4.78, 5) is 12.3. The molecule has 2 aromatic rings. The van der Waals surface area contributed by atoms with Crippen molar-refractivity contribution in [3.05, 3.63) is 59.7 Å². The highest BCUT2D eigenvalue weighted by molar-refractivity contribution is 8.19. The van der Waals surface area contributed by atoms with Crippen molar-refractivity contribution in [1.82, 2.24) is 0 Å². The van der Waals surface area contributed by atoms with Crippen LogP contribution in [-0.4, -0.2) is 24.0 Å². The number of carbonyl (C=O) groups excluding carboxylic acids is 1. The molecule has 138 valence electrons. The quantitative estimate of drug-likeness (QED) is 0.662. The average Bonchev–Trinajstić information content (AvgIpc) is 3.21. The molecule has 0 aliphatic carbocycles. The second-order valence-corrected chi connectivity index (χ2v) is 9.11. The highest BCUT2D eigenvalue weighted by Gasteiger charge is 2.18. The van der Waals surface area contributed by atoms with Crippen LogP contribution in [-0.2, 0) is 4.79 Å². The largest absolute Gasteiger partial charge is 0.483 e. The molecule has 2 aromatic carbocycles. The maximum Gasteiger partial charge on any atom is 0.262 e. The molecule has 1 amide bonds. The number of para-hydroxylation sites is 1. The molecule has 0 radical (unpaired) electrons. The Morgan fingerprint density at radius 1 is 1.19 bits per heavy atom. The van der Waals surface area contributed by atoms with Gasteiger partial charge in [-0.05, 0) is 41.7 Å². The molecule has 5 heteroatoms. The Morgan fingerprint density at radius 3 is 2.73 bits per heavy atom. The second-order valence-electron chi connectivity index (χ2n) is 6.38. The lowest BCUT2D eigenvalue weighted by molar-refractivity contribution is -0.118. The van der Waals surface area contributed by atoms with Crippen LogP contribution in [0.1, 0.15) is 41.9 Å². The first-order valence-electron chi connectivity index (χ1n) is 9.02. The number of rotatable bonds is 7. The number of benzene rings is 2. The van der Waals surface area contributed by atoms with Gasteiger partial charge in [0.25, 0.3) is 5.91 Å². The van der Waals surface area contributed by atoms with Crippen molar-refractivity contribution in [1.29, 1.82) is 0 Å². The summed E-state index contributed by atoms with van der Waals surface area (Å²) < 4.78 is 6.28. The highest BCUT2D eigenvalue weighted by atomic mass is 32.2. The molecule has 1 aliphatic heterocycles. The normalized spacial score (nSPS) is 15.6. The third-order valence-electron chi connectivity index (χ3n) is 4.49. The van der Waals surface area contributed by atoms with Gasteiger partial charge in [-0.1, -0.05) is 44.2 Å². The summed E-state index contributed by atoms with van der Waals surface area (Å²) in [7, 11) is 0. The maximum atomic E-state index is 12.3. The number of carbonyl (C=O) groups is 1. The van der Waals surface area contributed by atoms with E-state index in [-0.39, 0.29) is 12.5 Å². The van der Waals surface area contributed by atoms with Crippen LogP contribution in [0.15, 0.2) is 48.5 Å². The van der Waals surface area contributed by atoms with Crippen molar-refractivity contribution in [2.45, 2.75) is 30.8 Å². The van der Waals surface area contributed by atoms with Crippen LogP contribution < -0.4 is 10.1 Å². The number of nitrogens with one attached hydrogen (secondary N) is 1. The summed E-state index contributed by atoms with van der Waals surface area (Å²) in [5.41, 5.74) is 3.25. The van der Waals surface area contributed by atoms with Crippen molar-refractivity contribution in [2.24, 2.45) is 0 Å². The monoisotopic (exact) mass is 387 g/mol. The number of ether oxygens (including phenoxy) is 1. The topological polar surface area (TPSA) is 38.3 Å². The first kappa shape index (κ1) is 19.2. The average molecular weight is 388 g/mol. The first-order chi connectivity index (χ1) is 12.7. The second kappa shape index (κ2) is 9.38. The standard InChI is InChI=1S/C21H25NO2S2/c1-3-15(2)18-9-4-5-10-19(18)24-14-20(23)22-17-8-6-7-16(13-17)21-25-11-12-26-21/h4-10,13,15,21H,3,11-12,14H2,1-2H3,(H,22,23). The van der Waals surface area contributed by atoms with Gasteiger partial charge < -0.3 is 10.1 Å². The van der Waals surface area contributed by atoms with E-state index >= 15 is 0 Å². The molecule has 0 bridgehead atoms. The Labute approximate surface area is 164 Å². The number of anilines is 1. The van der Waals surface area contributed by atoms with E-state index in [1.165, 1.54) is 17.1 Å². The third-order valence-corrected chi connectivity index (χ3v) is 7.59. The molecule has 1 aliphatic rings. The van der Waals surface area contributed by atoms with Gasteiger partial charge in [-0.25, -0.2) is 0 Å². The molecule has 26 heavy (non-hydrogen) atoms. The zero-order valence-corrected chi connectivity index (χ0v) is 16.9. The molecular weight excluding hydrogens is 362 g/mol. The number of thioether (sulfide) groups is 2. The van der Waals surface area contributed by atoms with Crippen LogP contribution in [0, 0.1) is 0 Å². The van der Waals surface area contributed by atoms with Crippen LogP contribution in [0.5, 0.6) is 5.75 Å². The predicted octanol–water partition coefficient (Wildman–Crippen LogP) is 5.70. The van der Waals surface area contributed by atoms with E-state index in [0.29, 0.717) is 10.5 Å². The Balaban J connectivity index is 1.59. The summed E-state index contributed by atoms with van der Waals surface area (Å²) in [6, 6.07) is 16.1. The molecule has 0 saturated carbocycles. The zero-order valence-electron chi connectivity index (χ0n) is 15.2. The fourth-order valence-electron chi connectivity index (χ4n) is 2.89. The van der Waals surface area contributed by atoms with E-state index in [9.17, 15) is 4.79 Å². The highest BCUT2D eigenvalue weighted by Crippen LogP contribution is 2.45. The molecule has 1 N–H and O–H groups in total. The fraction of sp³-hybridized carbons (Fsp3) is 0.381. The van der Waals surface area contributed by atoms with Crippen molar-refractivity contribution < 1.29 is 9.53 Å². The van der Waals surface area contributed by atoms with Crippen LogP contribution in [0.25, 0.3) is 0 Å². The number of hydrogen-bond acceptors (Lipinski definition) is 4. The van der Waals surface area contributed by atoms with Crippen LogP contribution >= 0.6 is 23.5 Å². The van der Waals surface area contributed by atoms with Gasteiger partial charge in [-0.2, -0.15) is 0 Å². The zero-order chi connectivity index (χ0) is 18.4. The van der Waals surface area contributed by atoms with E-state index < -0.39 is 0 Å². The SMILES string of the molecule is CCC(C)c1ccccc1OCC(=O)Nc1cccc(C2SCCS2)c1. The van der Waals surface area contributed by atoms with Gasteiger partial charge in [0.2, 0.25) is 0 Å². The minimum atomic E-state index is -0.132. The lowest BCUT2D eigenvalue weighted by Gasteiger charge is -2.16. The molecule has 0 spiro atoms. The molecule has 1 saturated heterocycles. The molecular formula is C21H25NO2S2. The van der Waals surface area contributed by atoms with Gasteiger partial charge in [0.15, 0.2) is 6.61 Å². The molecule has 1 atom stereocenters. The van der Waals surface area contributed by atoms with Crippen LogP contribution in [0.3, 0.4) is 0 Å². The number of amides is 1. The Hall–Kier alpha value is -1.59. The predicted molar refractivity (Wildman–Crippen MR) is 113 cm³/mol. The lowest BCUT2D eigenvalue weighted by Crippen LogP contribution is -2.20. The summed E-state index contributed by atoms with van der Waals surface area (Å²) in [5, 5.41) is 2.96. The summed E-state index contributed by atoms with van der Waals surface area (Å²) >= 11 is 3.93. The minimum absolute atomic E-state index is 0.0185. The first-order valence-corrected chi connectivity index (χ1v) is 11.1. The molecule has 3 rings (SSSR count). The molecule has 1 fully saturated rings. The van der Waals surface area contributed by atoms with Gasteiger partial charge in [0.1, 0.15) is 5.75 Å². The van der Waals surface area contributed by atoms with Gasteiger partial charge in [-0.15, -0.1) is 23.5 Å². The number of hydrogen-bond donors (Lipinski definition) is 1. The van der Waals surface area contributed by atoms with E-state index in [0.717, 1.165) is 23.4 Å². The van der Waals surface area contributed by atoms with Gasteiger partial charge >= 0.3 is 0 Å². The third kappa shape index (κ3) is 4.98. The molecule has 3 nitrogen and oxygen atoms in total. The van der Waals surface area contributed by atoms with Gasteiger partial charge in [0, 0.05) is 17.2 Å². The molecule has 1 heterocycles. The summed E-state index contributed by atoms with van der Waals surface area (Å²) in [6.45, 7) is 4.35. The summed E-state index contributed by atoms with van der Waals surface area (Å²) in [5.74, 6) is 3.45. The minimum Gasteiger partial charge on any atom is -0.483 e. The fourth-order valence-corrected chi connectivity index (χ4v) is 5.73. The van der Waals surface area contributed by atoms with Crippen molar-refractivity contribution in [3.8, 4) is 5.75 Å². The van der Waals surface area contributed by atoms with E-state index in [4.69, 9.17) is 4.74 Å². The lowest BCUT2D eigenvalue weighted by atomic mass is 9.98. The Bertz CT molecular complexity index is 744.